The van der Waals surface area contributed by atoms with Gasteiger partial charge in [0.2, 0.25) is 17.7 Å². The number of carbonyl (C=O) groups is 1. The number of sulfone groups is 1. The van der Waals surface area contributed by atoms with E-state index in [-0.39, 0.29) is 35.0 Å². The van der Waals surface area contributed by atoms with Crippen molar-refractivity contribution in [3.05, 3.63) is 101 Å². The third-order valence-corrected chi connectivity index (χ3v) is 10.6. The fraction of sp³-hybridized carbons (Fsp3) is 0.179. The summed E-state index contributed by atoms with van der Waals surface area (Å²) in [6, 6.07) is 22.9. The number of amides is 1. The molecule has 2 aromatic heterocycles. The summed E-state index contributed by atoms with van der Waals surface area (Å²) in [6.07, 6.45) is 0.0802. The molecule has 6 rings (SSSR count). The zero-order valence-corrected chi connectivity index (χ0v) is 23.6. The number of fused-ring (bicyclic) bond motifs is 1. The van der Waals surface area contributed by atoms with Gasteiger partial charge in [-0.15, -0.1) is 21.5 Å². The number of thiazole rings is 1. The lowest BCUT2D eigenvalue weighted by molar-refractivity contribution is -0.118. The van der Waals surface area contributed by atoms with E-state index >= 15 is 0 Å². The van der Waals surface area contributed by atoms with Crippen LogP contribution in [0.5, 0.6) is 0 Å². The maximum atomic E-state index is 13.9. The Morgan fingerprint density at radius 2 is 1.77 bits per heavy atom. The highest BCUT2D eigenvalue weighted by atomic mass is 32.2. The molecule has 5 aromatic rings. The predicted octanol–water partition coefficient (Wildman–Crippen LogP) is 5.07. The second-order valence-electron chi connectivity index (χ2n) is 9.39. The first kappa shape index (κ1) is 26.4. The van der Waals surface area contributed by atoms with Gasteiger partial charge in [-0.05, 0) is 41.3 Å². The van der Waals surface area contributed by atoms with Crippen LogP contribution in [0.3, 0.4) is 0 Å². The average molecular weight is 590 g/mol. The van der Waals surface area contributed by atoms with Gasteiger partial charge in [0.25, 0.3) is 0 Å². The number of carbonyl (C=O) groups excluding carboxylic acids is 1. The standard InChI is InChI=1S/C28H23N5O4S3/c1-16-12-20-21(13-19(16)18-10-6-3-7-11-18)38-27(30-20)24(40(35,36)15-17-8-4-2-5-9-17)26-33-32-23(37-26)14-22-25(34)31-28(29)39-22/h2-13,22,24H,14-15H2,1H3,(H2,29,31,34). The van der Waals surface area contributed by atoms with E-state index in [9.17, 15) is 13.2 Å². The fourth-order valence-corrected chi connectivity index (χ4v) is 8.57. The lowest BCUT2D eigenvalue weighted by atomic mass is 10.0. The molecule has 1 saturated heterocycles. The average Bonchev–Trinajstić information content (AvgIpc) is 3.63. The molecule has 0 bridgehead atoms. The largest absolute Gasteiger partial charge is 0.423 e. The summed E-state index contributed by atoms with van der Waals surface area (Å²) in [5, 5.41) is 16.8. The van der Waals surface area contributed by atoms with Gasteiger partial charge in [-0.25, -0.2) is 13.4 Å². The summed E-state index contributed by atoms with van der Waals surface area (Å²) in [5.41, 5.74) is 4.46. The molecule has 2 atom stereocenters. The van der Waals surface area contributed by atoms with Crippen molar-refractivity contribution in [2.45, 2.75) is 29.6 Å². The van der Waals surface area contributed by atoms with Crippen LogP contribution in [0.4, 0.5) is 0 Å². The molecule has 1 aliphatic rings. The molecule has 3 aromatic carbocycles. The number of hydrogen-bond donors (Lipinski definition) is 2. The zero-order valence-electron chi connectivity index (χ0n) is 21.2. The number of nitrogens with one attached hydrogen (secondary N) is 2. The monoisotopic (exact) mass is 589 g/mol. The number of aryl methyl sites for hydroxylation is 1. The molecule has 2 unspecified atom stereocenters. The Morgan fingerprint density at radius 3 is 2.48 bits per heavy atom. The van der Waals surface area contributed by atoms with Gasteiger partial charge in [0.15, 0.2) is 20.3 Å². The van der Waals surface area contributed by atoms with Crippen LogP contribution in [-0.2, 0) is 26.8 Å². The molecule has 3 heterocycles. The molecule has 202 valence electrons. The van der Waals surface area contributed by atoms with Crippen molar-refractivity contribution in [3.63, 3.8) is 0 Å². The zero-order chi connectivity index (χ0) is 27.9. The minimum atomic E-state index is -3.90. The first-order valence-corrected chi connectivity index (χ1v) is 15.8. The Labute approximate surface area is 238 Å². The fourth-order valence-electron chi connectivity index (χ4n) is 4.61. The first-order chi connectivity index (χ1) is 19.3. The molecule has 1 aliphatic heterocycles. The van der Waals surface area contributed by atoms with Crippen molar-refractivity contribution >= 4 is 54.2 Å². The Hall–Kier alpha value is -3.87. The number of benzene rings is 3. The van der Waals surface area contributed by atoms with Gasteiger partial charge < -0.3 is 9.73 Å². The number of nitrogens with zero attached hydrogens (tertiary/aromatic N) is 3. The van der Waals surface area contributed by atoms with Crippen molar-refractivity contribution in [3.8, 4) is 11.1 Å². The van der Waals surface area contributed by atoms with Gasteiger partial charge in [0.1, 0.15) is 10.3 Å². The summed E-state index contributed by atoms with van der Waals surface area (Å²) in [5.74, 6) is -0.527. The van der Waals surface area contributed by atoms with Gasteiger partial charge in [0.05, 0.1) is 16.0 Å². The van der Waals surface area contributed by atoms with E-state index in [1.807, 2.05) is 55.5 Å². The van der Waals surface area contributed by atoms with Crippen molar-refractivity contribution in [2.75, 3.05) is 0 Å². The highest BCUT2D eigenvalue weighted by Gasteiger charge is 2.38. The molecule has 1 fully saturated rings. The van der Waals surface area contributed by atoms with Gasteiger partial charge in [-0.3, -0.25) is 10.2 Å². The van der Waals surface area contributed by atoms with E-state index in [4.69, 9.17) is 14.8 Å². The summed E-state index contributed by atoms with van der Waals surface area (Å²) >= 11 is 2.34. The molecule has 9 nitrogen and oxygen atoms in total. The normalized spacial score (nSPS) is 16.4. The molecule has 1 amide bonds. The van der Waals surface area contributed by atoms with Crippen molar-refractivity contribution < 1.29 is 17.6 Å². The van der Waals surface area contributed by atoms with Crippen LogP contribution in [0.15, 0.2) is 77.2 Å². The summed E-state index contributed by atoms with van der Waals surface area (Å²) < 4.78 is 34.6. The molecule has 0 radical (unpaired) electrons. The quantitative estimate of drug-likeness (QED) is 0.256. The minimum absolute atomic E-state index is 0.0534. The Balaban J connectivity index is 1.41. The van der Waals surface area contributed by atoms with Gasteiger partial charge in [0, 0.05) is 6.42 Å². The van der Waals surface area contributed by atoms with E-state index < -0.39 is 20.3 Å². The number of amidine groups is 1. The third kappa shape index (κ3) is 5.29. The van der Waals surface area contributed by atoms with E-state index in [0.29, 0.717) is 16.1 Å². The van der Waals surface area contributed by atoms with Crippen LogP contribution >= 0.6 is 23.1 Å². The van der Waals surface area contributed by atoms with Crippen LogP contribution < -0.4 is 5.32 Å². The van der Waals surface area contributed by atoms with Crippen LogP contribution in [0.2, 0.25) is 0 Å². The minimum Gasteiger partial charge on any atom is -0.423 e. The topological polar surface area (TPSA) is 139 Å². The van der Waals surface area contributed by atoms with Crippen molar-refractivity contribution in [1.29, 1.82) is 5.41 Å². The summed E-state index contributed by atoms with van der Waals surface area (Å²) in [4.78, 5) is 16.8. The molecule has 12 heteroatoms. The van der Waals surface area contributed by atoms with Crippen LogP contribution in [-0.4, -0.2) is 39.9 Å². The van der Waals surface area contributed by atoms with Gasteiger partial charge in [-0.2, -0.15) is 0 Å². The molecule has 40 heavy (non-hydrogen) atoms. The second-order valence-corrected chi connectivity index (χ2v) is 13.7. The number of thioether (sulfide) groups is 1. The molecule has 0 aliphatic carbocycles. The molecular formula is C28H23N5O4S3. The van der Waals surface area contributed by atoms with Crippen molar-refractivity contribution in [1.82, 2.24) is 20.5 Å². The molecule has 2 N–H and O–H groups in total. The van der Waals surface area contributed by atoms with E-state index in [1.54, 1.807) is 24.3 Å². The highest BCUT2D eigenvalue weighted by Crippen LogP contribution is 2.39. The van der Waals surface area contributed by atoms with Crippen LogP contribution in [0.1, 0.15) is 33.2 Å². The lowest BCUT2D eigenvalue weighted by Gasteiger charge is -2.12. The predicted molar refractivity (Wildman–Crippen MR) is 156 cm³/mol. The number of aromatic nitrogens is 3. The van der Waals surface area contributed by atoms with E-state index in [2.05, 4.69) is 15.5 Å². The van der Waals surface area contributed by atoms with Crippen LogP contribution in [0, 0.1) is 12.3 Å². The molecular weight excluding hydrogens is 567 g/mol. The number of rotatable bonds is 8. The second kappa shape index (κ2) is 10.6. The maximum absolute atomic E-state index is 13.9. The Kier molecular flexibility index (Phi) is 6.99. The summed E-state index contributed by atoms with van der Waals surface area (Å²) in [7, 11) is -3.90. The van der Waals surface area contributed by atoms with Crippen LogP contribution in [0.25, 0.3) is 21.3 Å². The van der Waals surface area contributed by atoms with Gasteiger partial charge >= 0.3 is 0 Å². The first-order valence-electron chi connectivity index (χ1n) is 12.4. The Morgan fingerprint density at radius 1 is 1.05 bits per heavy atom. The Bertz CT molecular complexity index is 1840. The van der Waals surface area contributed by atoms with E-state index in [0.717, 1.165) is 33.2 Å². The van der Waals surface area contributed by atoms with Crippen molar-refractivity contribution in [2.24, 2.45) is 0 Å². The lowest BCUT2D eigenvalue weighted by Crippen LogP contribution is -2.25. The maximum Gasteiger partial charge on any atom is 0.241 e. The number of hydrogen-bond acceptors (Lipinski definition) is 10. The third-order valence-electron chi connectivity index (χ3n) is 6.49. The molecule has 0 spiro atoms. The van der Waals surface area contributed by atoms with E-state index in [1.165, 1.54) is 11.3 Å². The highest BCUT2D eigenvalue weighted by molar-refractivity contribution is 8.15. The SMILES string of the molecule is Cc1cc2nc(C(c3nnc(CC4SC(=N)NC4=O)o3)S(=O)(=O)Cc3ccccc3)sc2cc1-c1ccccc1. The summed E-state index contributed by atoms with van der Waals surface area (Å²) in [6.45, 7) is 2.01. The van der Waals surface area contributed by atoms with Gasteiger partial charge in [-0.1, -0.05) is 72.4 Å². The molecule has 0 saturated carbocycles. The smallest absolute Gasteiger partial charge is 0.241 e.